The molecule has 1 aromatic carbocycles. The molecule has 0 saturated heterocycles. The van der Waals surface area contributed by atoms with Crippen molar-refractivity contribution in [1.82, 2.24) is 5.32 Å². The molecule has 0 saturated carbocycles. The minimum atomic E-state index is -0.921. The van der Waals surface area contributed by atoms with Crippen LogP contribution in [0.1, 0.15) is 18.5 Å². The lowest BCUT2D eigenvalue weighted by Gasteiger charge is -2.15. The van der Waals surface area contributed by atoms with Crippen LogP contribution in [0.3, 0.4) is 0 Å². The third-order valence-electron chi connectivity index (χ3n) is 2.51. The van der Waals surface area contributed by atoms with Crippen LogP contribution in [0.25, 0.3) is 0 Å². The zero-order valence-electron chi connectivity index (χ0n) is 11.2. The quantitative estimate of drug-likeness (QED) is 0.779. The van der Waals surface area contributed by atoms with Crippen molar-refractivity contribution < 1.29 is 19.4 Å². The van der Waals surface area contributed by atoms with E-state index < -0.39 is 5.97 Å². The van der Waals surface area contributed by atoms with Gasteiger partial charge in [0.2, 0.25) is 5.91 Å². The highest BCUT2D eigenvalue weighted by Crippen LogP contribution is 2.27. The Kier molecular flexibility index (Phi) is 6.87. The summed E-state index contributed by atoms with van der Waals surface area (Å²) in [6.07, 6.45) is 0. The highest BCUT2D eigenvalue weighted by atomic mass is 79.9. The number of amides is 1. The molecule has 2 N–H and O–H groups in total. The highest BCUT2D eigenvalue weighted by Gasteiger charge is 2.12. The summed E-state index contributed by atoms with van der Waals surface area (Å²) in [6.45, 7) is 1.87. The first-order valence-electron chi connectivity index (χ1n) is 5.86. The van der Waals surface area contributed by atoms with E-state index in [-0.39, 0.29) is 23.5 Å². The van der Waals surface area contributed by atoms with Crippen molar-refractivity contribution in [2.24, 2.45) is 0 Å². The Bertz CT molecular complexity index is 495. The largest absolute Gasteiger partial charge is 0.496 e. The van der Waals surface area contributed by atoms with Crippen molar-refractivity contribution in [2.45, 2.75) is 13.0 Å². The summed E-state index contributed by atoms with van der Waals surface area (Å²) in [7, 11) is 1.59. The molecule has 1 unspecified atom stereocenters. The fourth-order valence-corrected chi connectivity index (χ4v) is 2.65. The lowest BCUT2D eigenvalue weighted by Crippen LogP contribution is -2.28. The van der Waals surface area contributed by atoms with Gasteiger partial charge in [-0.05, 0) is 40.5 Å². The maximum absolute atomic E-state index is 11.7. The topological polar surface area (TPSA) is 75.6 Å². The molecule has 0 bridgehead atoms. The molecule has 0 aliphatic carbocycles. The number of hydrogen-bond donors (Lipinski definition) is 2. The summed E-state index contributed by atoms with van der Waals surface area (Å²) in [5.41, 5.74) is 0.939. The highest BCUT2D eigenvalue weighted by molar-refractivity contribution is 9.10. The van der Waals surface area contributed by atoms with Gasteiger partial charge in [0.15, 0.2) is 0 Å². The Hall–Kier alpha value is -1.21. The third-order valence-corrected chi connectivity index (χ3v) is 4.05. The summed E-state index contributed by atoms with van der Waals surface area (Å²) in [4.78, 5) is 22.0. The van der Waals surface area contributed by atoms with Crippen molar-refractivity contribution in [2.75, 3.05) is 18.6 Å². The van der Waals surface area contributed by atoms with Gasteiger partial charge in [0.1, 0.15) is 5.75 Å². The van der Waals surface area contributed by atoms with Crippen LogP contribution >= 0.6 is 27.7 Å². The van der Waals surface area contributed by atoms with Crippen LogP contribution in [0.2, 0.25) is 0 Å². The number of carbonyl (C=O) groups is 2. The van der Waals surface area contributed by atoms with E-state index in [1.165, 1.54) is 0 Å². The van der Waals surface area contributed by atoms with Crippen molar-refractivity contribution in [1.29, 1.82) is 0 Å². The Labute approximate surface area is 130 Å². The number of halogens is 1. The maximum atomic E-state index is 11.7. The molecule has 1 amide bonds. The number of ether oxygens (including phenoxy) is 1. The van der Waals surface area contributed by atoms with E-state index in [9.17, 15) is 9.59 Å². The zero-order valence-corrected chi connectivity index (χ0v) is 13.6. The second-order valence-corrected chi connectivity index (χ2v) is 5.91. The second-order valence-electron chi connectivity index (χ2n) is 4.07. The minimum Gasteiger partial charge on any atom is -0.496 e. The van der Waals surface area contributed by atoms with Gasteiger partial charge in [-0.25, -0.2) is 0 Å². The fraction of sp³-hybridized carbons (Fsp3) is 0.385. The predicted octanol–water partition coefficient (Wildman–Crippen LogP) is 2.45. The van der Waals surface area contributed by atoms with Gasteiger partial charge in [-0.1, -0.05) is 6.07 Å². The van der Waals surface area contributed by atoms with E-state index in [0.717, 1.165) is 27.5 Å². The van der Waals surface area contributed by atoms with Crippen LogP contribution in [0.4, 0.5) is 0 Å². The average molecular weight is 362 g/mol. The number of thioether (sulfide) groups is 1. The van der Waals surface area contributed by atoms with Gasteiger partial charge in [0.25, 0.3) is 0 Å². The molecule has 0 spiro atoms. The lowest BCUT2D eigenvalue weighted by molar-refractivity contribution is -0.133. The number of hydrogen-bond acceptors (Lipinski definition) is 4. The molecule has 110 valence electrons. The van der Waals surface area contributed by atoms with Crippen molar-refractivity contribution in [3.63, 3.8) is 0 Å². The van der Waals surface area contributed by atoms with Gasteiger partial charge in [-0.3, -0.25) is 9.59 Å². The number of carboxylic acids is 1. The molecule has 0 fully saturated rings. The normalized spacial score (nSPS) is 11.8. The van der Waals surface area contributed by atoms with E-state index in [0.29, 0.717) is 0 Å². The van der Waals surface area contributed by atoms with Gasteiger partial charge >= 0.3 is 5.97 Å². The van der Waals surface area contributed by atoms with Crippen LogP contribution in [0.5, 0.6) is 5.75 Å². The Balaban J connectivity index is 2.53. The molecule has 5 nitrogen and oxygen atoms in total. The minimum absolute atomic E-state index is 0.0735. The number of rotatable bonds is 7. The van der Waals surface area contributed by atoms with Crippen LogP contribution < -0.4 is 10.1 Å². The monoisotopic (exact) mass is 361 g/mol. The Morgan fingerprint density at radius 1 is 1.45 bits per heavy atom. The summed E-state index contributed by atoms with van der Waals surface area (Å²) < 4.78 is 5.96. The summed E-state index contributed by atoms with van der Waals surface area (Å²) in [5.74, 6) is -0.320. The standard InChI is InChI=1S/C13H16BrNO4S/c1-8(15-12(16)6-20-7-13(17)18)9-3-4-11(19-2)10(14)5-9/h3-5,8H,6-7H2,1-2H3,(H,15,16)(H,17,18). The summed E-state index contributed by atoms with van der Waals surface area (Å²) in [6, 6.07) is 5.42. The Morgan fingerprint density at radius 2 is 2.15 bits per heavy atom. The van der Waals surface area contributed by atoms with Gasteiger partial charge in [-0.2, -0.15) is 0 Å². The van der Waals surface area contributed by atoms with Gasteiger partial charge in [0, 0.05) is 0 Å². The number of aliphatic carboxylic acids is 1. The van der Waals surface area contributed by atoms with Crippen molar-refractivity contribution in [3.8, 4) is 5.75 Å². The van der Waals surface area contributed by atoms with E-state index in [1.807, 2.05) is 25.1 Å². The lowest BCUT2D eigenvalue weighted by atomic mass is 10.1. The van der Waals surface area contributed by atoms with Gasteiger partial charge in [0.05, 0.1) is 29.1 Å². The SMILES string of the molecule is COc1ccc(C(C)NC(=O)CSCC(=O)O)cc1Br. The van der Waals surface area contributed by atoms with Crippen LogP contribution in [0, 0.1) is 0 Å². The second kappa shape index (κ2) is 8.16. The molecule has 0 aliphatic heterocycles. The third kappa shape index (κ3) is 5.42. The first-order chi connectivity index (χ1) is 9.43. The van der Waals surface area contributed by atoms with Crippen molar-refractivity contribution in [3.05, 3.63) is 28.2 Å². The van der Waals surface area contributed by atoms with Gasteiger partial charge < -0.3 is 15.2 Å². The molecule has 0 heterocycles. The van der Waals surface area contributed by atoms with E-state index >= 15 is 0 Å². The van der Waals surface area contributed by atoms with Crippen LogP contribution in [0.15, 0.2) is 22.7 Å². The number of methoxy groups -OCH3 is 1. The van der Waals surface area contributed by atoms with E-state index in [1.54, 1.807) is 7.11 Å². The molecule has 1 aromatic rings. The molecule has 20 heavy (non-hydrogen) atoms. The van der Waals surface area contributed by atoms with E-state index in [2.05, 4.69) is 21.2 Å². The fourth-order valence-electron chi connectivity index (χ4n) is 1.55. The predicted molar refractivity (Wildman–Crippen MR) is 82.2 cm³/mol. The van der Waals surface area contributed by atoms with Crippen LogP contribution in [-0.4, -0.2) is 35.6 Å². The number of carbonyl (C=O) groups excluding carboxylic acids is 1. The molecular formula is C13H16BrNO4S. The zero-order chi connectivity index (χ0) is 15.1. The molecule has 0 aromatic heterocycles. The van der Waals surface area contributed by atoms with Crippen molar-refractivity contribution >= 4 is 39.6 Å². The molecule has 7 heteroatoms. The van der Waals surface area contributed by atoms with Crippen LogP contribution in [-0.2, 0) is 9.59 Å². The molecule has 1 rings (SSSR count). The first kappa shape index (κ1) is 16.8. The van der Waals surface area contributed by atoms with Gasteiger partial charge in [-0.15, -0.1) is 11.8 Å². The first-order valence-corrected chi connectivity index (χ1v) is 7.81. The smallest absolute Gasteiger partial charge is 0.313 e. The van der Waals surface area contributed by atoms with E-state index in [4.69, 9.17) is 9.84 Å². The molecule has 0 radical (unpaired) electrons. The number of benzene rings is 1. The molecule has 1 atom stereocenters. The Morgan fingerprint density at radius 3 is 2.70 bits per heavy atom. The molecule has 0 aliphatic rings. The molecular weight excluding hydrogens is 346 g/mol. The average Bonchev–Trinajstić information content (AvgIpc) is 2.38. The number of carboxylic acid groups (broad SMARTS) is 1. The number of nitrogens with one attached hydrogen (secondary N) is 1. The summed E-state index contributed by atoms with van der Waals surface area (Å²) in [5, 5.41) is 11.3. The summed E-state index contributed by atoms with van der Waals surface area (Å²) >= 11 is 4.47. The maximum Gasteiger partial charge on any atom is 0.313 e.